The summed E-state index contributed by atoms with van der Waals surface area (Å²) in [6, 6.07) is 16.0. The Morgan fingerprint density at radius 3 is 2.44 bits per heavy atom. The van der Waals surface area contributed by atoms with E-state index in [2.05, 4.69) is 12.2 Å². The van der Waals surface area contributed by atoms with E-state index in [1.165, 1.54) is 19.1 Å². The fourth-order valence-electron chi connectivity index (χ4n) is 2.63. The lowest BCUT2D eigenvalue weighted by molar-refractivity contribution is -0.150. The van der Waals surface area contributed by atoms with Gasteiger partial charge in [-0.05, 0) is 31.1 Å². The molecule has 5 heteroatoms. The number of benzene rings is 2. The Bertz CT molecular complexity index is 789. The normalized spacial score (nSPS) is 13.1. The van der Waals surface area contributed by atoms with Gasteiger partial charge in [0.25, 0.3) is 5.91 Å². The van der Waals surface area contributed by atoms with Crippen molar-refractivity contribution in [1.82, 2.24) is 5.32 Å². The van der Waals surface area contributed by atoms with E-state index >= 15 is 0 Å². The van der Waals surface area contributed by atoms with Gasteiger partial charge in [0.1, 0.15) is 5.82 Å². The average molecular weight is 369 g/mol. The predicted octanol–water partition coefficient (Wildman–Crippen LogP) is 4.08. The van der Waals surface area contributed by atoms with E-state index < -0.39 is 17.9 Å². The summed E-state index contributed by atoms with van der Waals surface area (Å²) in [5.74, 6) is -1.30. The molecular formula is C22H24FNO3. The highest BCUT2D eigenvalue weighted by molar-refractivity contribution is 5.90. The average Bonchev–Trinajstić information content (AvgIpc) is 2.68. The van der Waals surface area contributed by atoms with Crippen molar-refractivity contribution in [2.75, 3.05) is 6.54 Å². The molecule has 0 bridgehead atoms. The van der Waals surface area contributed by atoms with Gasteiger partial charge < -0.3 is 10.1 Å². The van der Waals surface area contributed by atoms with Crippen LogP contribution in [0, 0.1) is 5.82 Å². The van der Waals surface area contributed by atoms with Crippen LogP contribution in [0.1, 0.15) is 37.3 Å². The summed E-state index contributed by atoms with van der Waals surface area (Å²) in [5.41, 5.74) is 1.43. The van der Waals surface area contributed by atoms with E-state index in [1.54, 1.807) is 18.2 Å². The monoisotopic (exact) mass is 369 g/mol. The highest BCUT2D eigenvalue weighted by atomic mass is 19.1. The summed E-state index contributed by atoms with van der Waals surface area (Å²) >= 11 is 0. The molecule has 2 rings (SSSR count). The molecule has 2 aromatic rings. The van der Waals surface area contributed by atoms with Crippen LogP contribution in [0.2, 0.25) is 0 Å². The quantitative estimate of drug-likeness (QED) is 0.563. The summed E-state index contributed by atoms with van der Waals surface area (Å²) in [4.78, 5) is 24.0. The largest absolute Gasteiger partial charge is 0.449 e. The molecule has 0 spiro atoms. The lowest BCUT2D eigenvalue weighted by atomic mass is 9.96. The van der Waals surface area contributed by atoms with Crippen LogP contribution in [0.3, 0.4) is 0 Å². The number of hydrogen-bond donors (Lipinski definition) is 1. The third-order valence-electron chi connectivity index (χ3n) is 4.25. The Kier molecular flexibility index (Phi) is 7.74. The van der Waals surface area contributed by atoms with E-state index in [0.29, 0.717) is 6.54 Å². The molecule has 0 fully saturated rings. The lowest BCUT2D eigenvalue weighted by Crippen LogP contribution is -2.37. The number of hydrogen-bond acceptors (Lipinski definition) is 3. The Morgan fingerprint density at radius 1 is 1.11 bits per heavy atom. The number of ether oxygens (including phenoxy) is 1. The van der Waals surface area contributed by atoms with E-state index in [9.17, 15) is 14.0 Å². The third-order valence-corrected chi connectivity index (χ3v) is 4.25. The first-order valence-electron chi connectivity index (χ1n) is 8.97. The predicted molar refractivity (Wildman–Crippen MR) is 103 cm³/mol. The molecular weight excluding hydrogens is 345 g/mol. The minimum Gasteiger partial charge on any atom is -0.449 e. The molecule has 1 N–H and O–H groups in total. The van der Waals surface area contributed by atoms with Crippen LogP contribution in [0.25, 0.3) is 6.08 Å². The lowest BCUT2D eigenvalue weighted by Gasteiger charge is -2.18. The Hall–Kier alpha value is -2.95. The maximum absolute atomic E-state index is 13.5. The highest BCUT2D eigenvalue weighted by Gasteiger charge is 2.18. The zero-order valence-corrected chi connectivity index (χ0v) is 15.5. The highest BCUT2D eigenvalue weighted by Crippen LogP contribution is 2.18. The van der Waals surface area contributed by atoms with Gasteiger partial charge in [-0.25, -0.2) is 9.18 Å². The summed E-state index contributed by atoms with van der Waals surface area (Å²) < 4.78 is 18.6. The van der Waals surface area contributed by atoms with Crippen LogP contribution in [0.4, 0.5) is 4.39 Å². The molecule has 142 valence electrons. The van der Waals surface area contributed by atoms with Gasteiger partial charge in [-0.15, -0.1) is 0 Å². The summed E-state index contributed by atoms with van der Waals surface area (Å²) in [6.07, 6.45) is 2.38. The second kappa shape index (κ2) is 10.3. The molecule has 1 amide bonds. The van der Waals surface area contributed by atoms with Gasteiger partial charge in [-0.1, -0.05) is 55.5 Å². The van der Waals surface area contributed by atoms with Crippen molar-refractivity contribution in [3.8, 4) is 0 Å². The fourth-order valence-corrected chi connectivity index (χ4v) is 2.63. The molecule has 0 saturated carbocycles. The standard InChI is InChI=1S/C22H24FNO3/c1-3-17(18-9-5-4-6-10-18)15-24-22(26)16(2)27-21(25)14-13-19-11-7-8-12-20(19)23/h4-14,16-17H,3,15H2,1-2H3,(H,24,26)/b14-13+/t16-,17-/m0/s1. The van der Waals surface area contributed by atoms with Gasteiger partial charge in [-0.2, -0.15) is 0 Å². The minimum absolute atomic E-state index is 0.194. The molecule has 0 heterocycles. The van der Waals surface area contributed by atoms with Crippen molar-refractivity contribution < 1.29 is 18.7 Å². The molecule has 0 aromatic heterocycles. The number of amides is 1. The third kappa shape index (κ3) is 6.37. The molecule has 2 aromatic carbocycles. The summed E-state index contributed by atoms with van der Waals surface area (Å²) in [7, 11) is 0. The topological polar surface area (TPSA) is 55.4 Å². The number of carbonyl (C=O) groups is 2. The van der Waals surface area contributed by atoms with Gasteiger partial charge >= 0.3 is 5.97 Å². The minimum atomic E-state index is -0.934. The number of esters is 1. The van der Waals surface area contributed by atoms with Gasteiger partial charge in [0, 0.05) is 24.1 Å². The van der Waals surface area contributed by atoms with Crippen LogP contribution >= 0.6 is 0 Å². The summed E-state index contributed by atoms with van der Waals surface area (Å²) in [6.45, 7) is 4.03. The maximum atomic E-state index is 13.5. The van der Waals surface area contributed by atoms with Gasteiger partial charge in [0.05, 0.1) is 0 Å². The van der Waals surface area contributed by atoms with Gasteiger partial charge in [0.15, 0.2) is 6.10 Å². The van der Waals surface area contributed by atoms with Crippen LogP contribution < -0.4 is 5.32 Å². The first kappa shape index (κ1) is 20.4. The zero-order valence-electron chi connectivity index (χ0n) is 15.5. The second-order valence-electron chi connectivity index (χ2n) is 6.19. The van der Waals surface area contributed by atoms with Crippen LogP contribution in [-0.2, 0) is 14.3 Å². The molecule has 2 atom stereocenters. The second-order valence-corrected chi connectivity index (χ2v) is 6.19. The van der Waals surface area contributed by atoms with Crippen molar-refractivity contribution in [2.24, 2.45) is 0 Å². The molecule has 27 heavy (non-hydrogen) atoms. The number of nitrogens with one attached hydrogen (secondary N) is 1. The first-order valence-corrected chi connectivity index (χ1v) is 8.97. The zero-order chi connectivity index (χ0) is 19.6. The fraction of sp³-hybridized carbons (Fsp3) is 0.273. The summed E-state index contributed by atoms with van der Waals surface area (Å²) in [5, 5.41) is 2.82. The van der Waals surface area contributed by atoms with Crippen molar-refractivity contribution in [3.05, 3.63) is 77.6 Å². The van der Waals surface area contributed by atoms with Crippen molar-refractivity contribution >= 4 is 18.0 Å². The molecule has 0 aliphatic heterocycles. The van der Waals surface area contributed by atoms with E-state index in [4.69, 9.17) is 4.74 Å². The van der Waals surface area contributed by atoms with Crippen LogP contribution in [-0.4, -0.2) is 24.5 Å². The molecule has 0 aliphatic rings. The van der Waals surface area contributed by atoms with Gasteiger partial charge in [-0.3, -0.25) is 4.79 Å². The molecule has 0 unspecified atom stereocenters. The Balaban J connectivity index is 1.84. The van der Waals surface area contributed by atoms with Gasteiger partial charge in [0.2, 0.25) is 0 Å². The van der Waals surface area contributed by atoms with Crippen LogP contribution in [0.5, 0.6) is 0 Å². The van der Waals surface area contributed by atoms with Crippen molar-refractivity contribution in [1.29, 1.82) is 0 Å². The molecule has 0 saturated heterocycles. The van der Waals surface area contributed by atoms with Crippen LogP contribution in [0.15, 0.2) is 60.7 Å². The molecule has 0 radical (unpaired) electrons. The smallest absolute Gasteiger partial charge is 0.331 e. The maximum Gasteiger partial charge on any atom is 0.331 e. The molecule has 0 aliphatic carbocycles. The van der Waals surface area contributed by atoms with E-state index in [0.717, 1.165) is 18.1 Å². The number of halogens is 1. The van der Waals surface area contributed by atoms with Crippen molar-refractivity contribution in [2.45, 2.75) is 32.3 Å². The SMILES string of the molecule is CC[C@@H](CNC(=O)[C@H](C)OC(=O)/C=C/c1ccccc1F)c1ccccc1. The molecule has 4 nitrogen and oxygen atoms in total. The van der Waals surface area contributed by atoms with E-state index in [-0.39, 0.29) is 17.4 Å². The number of carbonyl (C=O) groups excluding carboxylic acids is 2. The van der Waals surface area contributed by atoms with E-state index in [1.807, 2.05) is 30.3 Å². The van der Waals surface area contributed by atoms with Crippen molar-refractivity contribution in [3.63, 3.8) is 0 Å². The Morgan fingerprint density at radius 2 is 1.78 bits per heavy atom. The Labute approximate surface area is 159 Å². The first-order chi connectivity index (χ1) is 13.0. The number of rotatable bonds is 8.